The molecule has 2 rings (SSSR count). The maximum Gasteiger partial charge on any atom is 0.132 e. The van der Waals surface area contributed by atoms with Crippen LogP contribution in [0, 0.1) is 5.82 Å². The van der Waals surface area contributed by atoms with Crippen molar-refractivity contribution in [2.24, 2.45) is 0 Å². The number of quaternary nitrogens is 1. The number of nitrogens with one attached hydrogen (secondary N) is 1. The zero-order chi connectivity index (χ0) is 12.1. The predicted octanol–water partition coefficient (Wildman–Crippen LogP) is 2.04. The Morgan fingerprint density at radius 2 is 1.53 bits per heavy atom. The van der Waals surface area contributed by atoms with Crippen molar-refractivity contribution in [3.8, 4) is 0 Å². The first-order valence-electron chi connectivity index (χ1n) is 5.84. The normalized spacial score (nSPS) is 12.4. The van der Waals surface area contributed by atoms with E-state index in [9.17, 15) is 4.39 Å². The van der Waals surface area contributed by atoms with Crippen LogP contribution in [0.15, 0.2) is 54.6 Å². The predicted molar refractivity (Wildman–Crippen MR) is 67.1 cm³/mol. The van der Waals surface area contributed by atoms with E-state index in [0.717, 1.165) is 12.1 Å². The molecular weight excluding hydrogens is 213 g/mol. The summed E-state index contributed by atoms with van der Waals surface area (Å²) in [5.74, 6) is -0.111. The van der Waals surface area contributed by atoms with Crippen LogP contribution in [-0.4, -0.2) is 7.05 Å². The van der Waals surface area contributed by atoms with E-state index in [1.165, 1.54) is 16.5 Å². The van der Waals surface area contributed by atoms with Gasteiger partial charge in [-0.1, -0.05) is 48.5 Å². The standard InChI is InChI=1S/C15H16FN/c1-17(11-13-7-3-2-4-8-13)12-14-9-5-6-10-15(14)16/h2-10H,11-12H2,1H3/p+1. The molecule has 1 atom stereocenters. The van der Waals surface area contributed by atoms with Gasteiger partial charge >= 0.3 is 0 Å². The lowest BCUT2D eigenvalue weighted by atomic mass is 10.2. The molecule has 0 heterocycles. The summed E-state index contributed by atoms with van der Waals surface area (Å²) < 4.78 is 13.5. The van der Waals surface area contributed by atoms with Crippen molar-refractivity contribution in [3.05, 3.63) is 71.5 Å². The van der Waals surface area contributed by atoms with Crippen LogP contribution in [0.5, 0.6) is 0 Å². The van der Waals surface area contributed by atoms with Crippen molar-refractivity contribution in [3.63, 3.8) is 0 Å². The highest BCUT2D eigenvalue weighted by Gasteiger charge is 2.08. The molecule has 0 spiro atoms. The first-order valence-corrected chi connectivity index (χ1v) is 5.84. The first-order chi connectivity index (χ1) is 8.25. The minimum Gasteiger partial charge on any atom is -0.330 e. The zero-order valence-electron chi connectivity index (χ0n) is 9.99. The number of hydrogen-bond donors (Lipinski definition) is 1. The van der Waals surface area contributed by atoms with Gasteiger partial charge in [-0.25, -0.2) is 4.39 Å². The van der Waals surface area contributed by atoms with E-state index in [-0.39, 0.29) is 5.82 Å². The lowest BCUT2D eigenvalue weighted by molar-refractivity contribution is -0.907. The summed E-state index contributed by atoms with van der Waals surface area (Å²) in [6.07, 6.45) is 0. The van der Waals surface area contributed by atoms with E-state index < -0.39 is 0 Å². The number of rotatable bonds is 4. The third-order valence-electron chi connectivity index (χ3n) is 2.80. The molecule has 0 aliphatic heterocycles. The fraction of sp³-hybridized carbons (Fsp3) is 0.200. The Hall–Kier alpha value is -1.67. The summed E-state index contributed by atoms with van der Waals surface area (Å²) in [5.41, 5.74) is 2.06. The monoisotopic (exact) mass is 230 g/mol. The Labute approximate surface area is 102 Å². The minimum absolute atomic E-state index is 0.111. The van der Waals surface area contributed by atoms with E-state index in [2.05, 4.69) is 19.2 Å². The lowest BCUT2D eigenvalue weighted by Crippen LogP contribution is -3.06. The van der Waals surface area contributed by atoms with Crippen LogP contribution in [0.25, 0.3) is 0 Å². The second-order valence-corrected chi connectivity index (χ2v) is 4.39. The Morgan fingerprint density at radius 3 is 2.24 bits per heavy atom. The third kappa shape index (κ3) is 3.40. The molecule has 0 aliphatic carbocycles. The van der Waals surface area contributed by atoms with Crippen molar-refractivity contribution in [1.29, 1.82) is 0 Å². The zero-order valence-corrected chi connectivity index (χ0v) is 9.99. The highest BCUT2D eigenvalue weighted by molar-refractivity contribution is 5.16. The van der Waals surface area contributed by atoms with Gasteiger partial charge in [-0.15, -0.1) is 0 Å². The number of halogens is 1. The van der Waals surface area contributed by atoms with E-state index in [0.29, 0.717) is 6.54 Å². The molecule has 1 unspecified atom stereocenters. The number of benzene rings is 2. The molecule has 0 aromatic heterocycles. The van der Waals surface area contributed by atoms with Crippen LogP contribution in [0.2, 0.25) is 0 Å². The van der Waals surface area contributed by atoms with Gasteiger partial charge in [0.2, 0.25) is 0 Å². The van der Waals surface area contributed by atoms with Gasteiger partial charge in [0.25, 0.3) is 0 Å². The molecule has 1 nitrogen and oxygen atoms in total. The molecule has 2 aromatic rings. The maximum atomic E-state index is 13.5. The van der Waals surface area contributed by atoms with E-state index >= 15 is 0 Å². The van der Waals surface area contributed by atoms with Crippen LogP contribution < -0.4 is 4.90 Å². The molecule has 2 aromatic carbocycles. The van der Waals surface area contributed by atoms with Crippen molar-refractivity contribution in [1.82, 2.24) is 0 Å². The molecule has 1 N–H and O–H groups in total. The van der Waals surface area contributed by atoms with Gasteiger partial charge in [0.15, 0.2) is 0 Å². The van der Waals surface area contributed by atoms with Crippen LogP contribution in [0.4, 0.5) is 4.39 Å². The fourth-order valence-corrected chi connectivity index (χ4v) is 1.97. The largest absolute Gasteiger partial charge is 0.330 e. The molecule has 17 heavy (non-hydrogen) atoms. The average molecular weight is 230 g/mol. The van der Waals surface area contributed by atoms with Gasteiger partial charge in [-0.3, -0.25) is 0 Å². The van der Waals surface area contributed by atoms with Crippen LogP contribution in [-0.2, 0) is 13.1 Å². The molecule has 0 aliphatic rings. The van der Waals surface area contributed by atoms with Crippen LogP contribution >= 0.6 is 0 Å². The fourth-order valence-electron chi connectivity index (χ4n) is 1.97. The lowest BCUT2D eigenvalue weighted by Gasteiger charge is -2.14. The Morgan fingerprint density at radius 1 is 0.882 bits per heavy atom. The van der Waals surface area contributed by atoms with Crippen LogP contribution in [0.3, 0.4) is 0 Å². The highest BCUT2D eigenvalue weighted by atomic mass is 19.1. The Bertz CT molecular complexity index is 467. The molecule has 0 saturated carbocycles. The first kappa shape index (κ1) is 11.8. The quantitative estimate of drug-likeness (QED) is 0.820. The van der Waals surface area contributed by atoms with Gasteiger partial charge in [0.05, 0.1) is 7.05 Å². The molecule has 0 saturated heterocycles. The summed E-state index contributed by atoms with van der Waals surface area (Å²) in [7, 11) is 2.08. The highest BCUT2D eigenvalue weighted by Crippen LogP contribution is 2.04. The van der Waals surface area contributed by atoms with Gasteiger partial charge in [-0.2, -0.15) is 0 Å². The smallest absolute Gasteiger partial charge is 0.132 e. The summed E-state index contributed by atoms with van der Waals surface area (Å²) >= 11 is 0. The maximum absolute atomic E-state index is 13.5. The molecule has 0 bridgehead atoms. The molecular formula is C15H17FN+. The van der Waals surface area contributed by atoms with Crippen molar-refractivity contribution in [2.45, 2.75) is 13.1 Å². The third-order valence-corrected chi connectivity index (χ3v) is 2.80. The summed E-state index contributed by atoms with van der Waals surface area (Å²) in [5, 5.41) is 0. The number of hydrogen-bond acceptors (Lipinski definition) is 0. The van der Waals surface area contributed by atoms with Gasteiger partial charge in [0, 0.05) is 11.1 Å². The van der Waals surface area contributed by atoms with Crippen molar-refractivity contribution < 1.29 is 9.29 Å². The van der Waals surface area contributed by atoms with E-state index in [1.54, 1.807) is 6.07 Å². The molecule has 0 fully saturated rings. The SMILES string of the molecule is C[NH+](Cc1ccccc1)Cc1ccccc1F. The van der Waals surface area contributed by atoms with Gasteiger partial charge in [0.1, 0.15) is 18.9 Å². The molecule has 0 amide bonds. The van der Waals surface area contributed by atoms with Gasteiger partial charge in [-0.05, 0) is 6.07 Å². The summed E-state index contributed by atoms with van der Waals surface area (Å²) in [4.78, 5) is 1.28. The summed E-state index contributed by atoms with van der Waals surface area (Å²) in [6, 6.07) is 17.3. The summed E-state index contributed by atoms with van der Waals surface area (Å²) in [6.45, 7) is 1.62. The van der Waals surface area contributed by atoms with Crippen LogP contribution in [0.1, 0.15) is 11.1 Å². The topological polar surface area (TPSA) is 4.44 Å². The van der Waals surface area contributed by atoms with E-state index in [1.807, 2.05) is 30.3 Å². The van der Waals surface area contributed by atoms with Gasteiger partial charge < -0.3 is 4.90 Å². The second-order valence-electron chi connectivity index (χ2n) is 4.39. The van der Waals surface area contributed by atoms with E-state index in [4.69, 9.17) is 0 Å². The average Bonchev–Trinajstić information content (AvgIpc) is 2.33. The Kier molecular flexibility index (Phi) is 3.89. The molecule has 2 heteroatoms. The van der Waals surface area contributed by atoms with Crippen molar-refractivity contribution >= 4 is 0 Å². The molecule has 0 radical (unpaired) electrons. The minimum atomic E-state index is -0.111. The molecule has 88 valence electrons. The Balaban J connectivity index is 1.98. The van der Waals surface area contributed by atoms with Crippen molar-refractivity contribution in [2.75, 3.05) is 7.05 Å². The second kappa shape index (κ2) is 5.60.